The van der Waals surface area contributed by atoms with Crippen LogP contribution in [-0.4, -0.2) is 40.9 Å². The molecule has 176 valence electrons. The molecule has 2 heterocycles. The second kappa shape index (κ2) is 8.33. The number of carbonyl (C=O) groups excluding carboxylic acids is 1. The standard InChI is InChI=1S/C23H22BrN5O4S/c1-11-8-9-16-17-18(11)23(15-7-5-4-6-14(15)20(34-16)19(17)24)26-27-28-29(23)12(2)10-33-22(32)25-13(3)21(30)31/h4-9,12-13H,10H2,1-3H3,(H,25,32)(H,26,28)(H,30,31)/t12?,13-,23?/m0/s1. The molecule has 1 aliphatic carbocycles. The number of hydrazine groups is 1. The van der Waals surface area contributed by atoms with Crippen LogP contribution in [0, 0.1) is 6.92 Å². The topological polar surface area (TPSA) is 116 Å². The van der Waals surface area contributed by atoms with Crippen molar-refractivity contribution in [2.24, 2.45) is 10.3 Å². The highest BCUT2D eigenvalue weighted by Gasteiger charge is 2.52. The number of fused-ring (bicyclic) bond motifs is 5. The lowest BCUT2D eigenvalue weighted by atomic mass is 9.85. The predicted molar refractivity (Wildman–Crippen MR) is 131 cm³/mol. The zero-order valence-electron chi connectivity index (χ0n) is 18.6. The molecule has 0 saturated carbocycles. The molecule has 1 spiro atoms. The second-order valence-electron chi connectivity index (χ2n) is 8.42. The molecule has 3 aromatic rings. The summed E-state index contributed by atoms with van der Waals surface area (Å²) >= 11 is 5.58. The molecule has 11 heteroatoms. The maximum atomic E-state index is 12.1. The number of alkyl carbamates (subject to hydrolysis) is 1. The highest BCUT2D eigenvalue weighted by molar-refractivity contribution is 9.10. The van der Waals surface area contributed by atoms with E-state index < -0.39 is 23.8 Å². The molecule has 2 aromatic carbocycles. The van der Waals surface area contributed by atoms with E-state index in [0.717, 1.165) is 41.7 Å². The summed E-state index contributed by atoms with van der Waals surface area (Å²) < 4.78 is 7.53. The number of ether oxygens (including phenoxy) is 1. The molecular weight excluding hydrogens is 522 g/mol. The van der Waals surface area contributed by atoms with Crippen molar-refractivity contribution in [3.8, 4) is 10.4 Å². The van der Waals surface area contributed by atoms with Crippen LogP contribution < -0.4 is 10.9 Å². The third-order valence-corrected chi connectivity index (χ3v) is 8.44. The Morgan fingerprint density at radius 2 is 2.06 bits per heavy atom. The average molecular weight is 544 g/mol. The fourth-order valence-corrected chi connectivity index (χ4v) is 6.73. The first-order chi connectivity index (χ1) is 16.3. The van der Waals surface area contributed by atoms with Crippen LogP contribution in [0.3, 0.4) is 0 Å². The van der Waals surface area contributed by atoms with Gasteiger partial charge in [0.25, 0.3) is 0 Å². The molecule has 0 saturated heterocycles. The summed E-state index contributed by atoms with van der Waals surface area (Å²) in [4.78, 5) is 24.3. The van der Waals surface area contributed by atoms with E-state index in [9.17, 15) is 9.59 Å². The number of amides is 1. The van der Waals surface area contributed by atoms with Crippen molar-refractivity contribution in [2.75, 3.05) is 6.61 Å². The lowest BCUT2D eigenvalue weighted by molar-refractivity contribution is -0.138. The summed E-state index contributed by atoms with van der Waals surface area (Å²) in [5.74, 6) is -1.14. The number of hydrogen-bond donors (Lipinski definition) is 3. The fourth-order valence-electron chi connectivity index (χ4n) is 4.59. The number of rotatable bonds is 5. The van der Waals surface area contributed by atoms with Gasteiger partial charge in [-0.05, 0) is 48.3 Å². The first kappa shape index (κ1) is 22.8. The maximum Gasteiger partial charge on any atom is 0.407 e. The number of halogens is 1. The SMILES string of the molecule is Cc1ccc2sc3c(Br)c2c1C1(N=NNN1C(C)COC(=O)N[C@@H](C)C(=O)O)c1ccccc1-3. The monoisotopic (exact) mass is 543 g/mol. The predicted octanol–water partition coefficient (Wildman–Crippen LogP) is 4.93. The number of benzene rings is 2. The quantitative estimate of drug-likeness (QED) is 0.420. The van der Waals surface area contributed by atoms with Gasteiger partial charge in [-0.25, -0.2) is 10.3 Å². The van der Waals surface area contributed by atoms with E-state index in [2.05, 4.69) is 63.2 Å². The Kier molecular flexibility index (Phi) is 5.58. The largest absolute Gasteiger partial charge is 0.480 e. The Bertz CT molecular complexity index is 1360. The lowest BCUT2D eigenvalue weighted by Crippen LogP contribution is -2.54. The van der Waals surface area contributed by atoms with Crippen LogP contribution >= 0.6 is 27.3 Å². The highest BCUT2D eigenvalue weighted by atomic mass is 79.9. The lowest BCUT2D eigenvalue weighted by Gasteiger charge is -2.39. The first-order valence-corrected chi connectivity index (χ1v) is 12.3. The summed E-state index contributed by atoms with van der Waals surface area (Å²) in [5, 5.41) is 23.3. The molecule has 1 aromatic heterocycles. The number of carbonyl (C=O) groups is 2. The molecular formula is C23H22BrN5O4S. The van der Waals surface area contributed by atoms with E-state index >= 15 is 0 Å². The Morgan fingerprint density at radius 3 is 2.82 bits per heavy atom. The van der Waals surface area contributed by atoms with Crippen LogP contribution in [0.15, 0.2) is 51.2 Å². The minimum Gasteiger partial charge on any atom is -0.480 e. The van der Waals surface area contributed by atoms with Gasteiger partial charge >= 0.3 is 12.1 Å². The third kappa shape index (κ3) is 3.29. The first-order valence-electron chi connectivity index (χ1n) is 10.7. The van der Waals surface area contributed by atoms with Crippen molar-refractivity contribution in [1.29, 1.82) is 0 Å². The zero-order chi connectivity index (χ0) is 24.2. The number of carboxylic acid groups (broad SMARTS) is 1. The van der Waals surface area contributed by atoms with E-state index in [4.69, 9.17) is 15.0 Å². The third-order valence-electron chi connectivity index (χ3n) is 6.20. The van der Waals surface area contributed by atoms with Crippen LogP contribution in [-0.2, 0) is 15.2 Å². The van der Waals surface area contributed by atoms with Gasteiger partial charge in [-0.15, -0.1) is 16.5 Å². The van der Waals surface area contributed by atoms with Crippen molar-refractivity contribution in [1.82, 2.24) is 15.9 Å². The van der Waals surface area contributed by atoms with Crippen molar-refractivity contribution >= 4 is 49.4 Å². The van der Waals surface area contributed by atoms with Gasteiger partial charge in [0.05, 0.1) is 10.9 Å². The maximum absolute atomic E-state index is 12.1. The smallest absolute Gasteiger partial charge is 0.407 e. The fraction of sp³-hybridized carbons (Fsp3) is 0.304. The highest BCUT2D eigenvalue weighted by Crippen LogP contribution is 2.56. The van der Waals surface area contributed by atoms with E-state index in [1.807, 2.05) is 24.1 Å². The number of hydrogen-bond acceptors (Lipinski definition) is 8. The zero-order valence-corrected chi connectivity index (χ0v) is 21.0. The van der Waals surface area contributed by atoms with Gasteiger partial charge in [0.2, 0.25) is 5.66 Å². The van der Waals surface area contributed by atoms with Gasteiger partial charge in [-0.1, -0.05) is 35.6 Å². The molecule has 9 nitrogen and oxygen atoms in total. The number of aliphatic carboxylic acids is 1. The number of nitrogens with one attached hydrogen (secondary N) is 2. The Hall–Kier alpha value is -3.02. The van der Waals surface area contributed by atoms with Crippen molar-refractivity contribution < 1.29 is 19.4 Å². The van der Waals surface area contributed by atoms with Crippen molar-refractivity contribution in [3.63, 3.8) is 0 Å². The van der Waals surface area contributed by atoms with E-state index in [-0.39, 0.29) is 12.6 Å². The van der Waals surface area contributed by atoms with Gasteiger partial charge in [0.1, 0.15) is 12.6 Å². The number of nitrogens with zero attached hydrogens (tertiary/aromatic N) is 3. The summed E-state index contributed by atoms with van der Waals surface area (Å²) in [6, 6.07) is 10.9. The minimum absolute atomic E-state index is 0.00952. The van der Waals surface area contributed by atoms with Crippen LogP contribution in [0.2, 0.25) is 0 Å². The molecule has 1 aliphatic heterocycles. The van der Waals surface area contributed by atoms with Crippen LogP contribution in [0.4, 0.5) is 4.79 Å². The molecule has 5 rings (SSSR count). The Morgan fingerprint density at radius 1 is 1.29 bits per heavy atom. The molecule has 3 N–H and O–H groups in total. The minimum atomic E-state index is -1.14. The summed E-state index contributed by atoms with van der Waals surface area (Å²) in [6.45, 7) is 5.32. The Balaban J connectivity index is 1.58. The molecule has 0 radical (unpaired) electrons. The molecule has 3 atom stereocenters. The van der Waals surface area contributed by atoms with Crippen molar-refractivity contribution in [3.05, 3.63) is 57.6 Å². The van der Waals surface area contributed by atoms with Gasteiger partial charge < -0.3 is 15.2 Å². The number of carboxylic acids is 1. The van der Waals surface area contributed by atoms with Gasteiger partial charge in [-0.2, -0.15) is 5.01 Å². The molecule has 0 fully saturated rings. The van der Waals surface area contributed by atoms with Gasteiger partial charge in [-0.3, -0.25) is 4.79 Å². The van der Waals surface area contributed by atoms with Crippen LogP contribution in [0.5, 0.6) is 0 Å². The second-order valence-corrected chi connectivity index (χ2v) is 10.3. The number of aryl methyl sites for hydroxylation is 1. The van der Waals surface area contributed by atoms with Crippen LogP contribution in [0.25, 0.3) is 20.5 Å². The summed E-state index contributed by atoms with van der Waals surface area (Å²) in [7, 11) is 0. The van der Waals surface area contributed by atoms with Gasteiger partial charge in [0, 0.05) is 31.2 Å². The Labute approximate surface area is 207 Å². The molecule has 2 aliphatic rings. The molecule has 1 amide bonds. The van der Waals surface area contributed by atoms with Gasteiger partial charge in [0.15, 0.2) is 0 Å². The summed E-state index contributed by atoms with van der Waals surface area (Å²) in [5.41, 5.74) is 6.14. The molecule has 34 heavy (non-hydrogen) atoms. The number of thiophene rings is 1. The van der Waals surface area contributed by atoms with Crippen molar-refractivity contribution in [2.45, 2.75) is 38.5 Å². The normalized spacial score (nSPS) is 20.1. The van der Waals surface area contributed by atoms with E-state index in [1.165, 1.54) is 6.92 Å². The van der Waals surface area contributed by atoms with E-state index in [0.29, 0.717) is 0 Å². The van der Waals surface area contributed by atoms with Crippen LogP contribution in [0.1, 0.15) is 30.5 Å². The molecule has 2 unspecified atom stereocenters. The molecule has 2 bridgehead atoms. The van der Waals surface area contributed by atoms with E-state index in [1.54, 1.807) is 11.3 Å². The summed E-state index contributed by atoms with van der Waals surface area (Å²) in [6.07, 6.45) is -0.798. The average Bonchev–Trinajstić information content (AvgIpc) is 3.37.